The van der Waals surface area contributed by atoms with Gasteiger partial charge in [-0.3, -0.25) is 0 Å². The number of benzene rings is 1. The van der Waals surface area contributed by atoms with E-state index in [0.29, 0.717) is 5.00 Å². The van der Waals surface area contributed by atoms with E-state index in [0.717, 1.165) is 23.5 Å². The molecule has 0 N–H and O–H groups in total. The Kier molecular flexibility index (Phi) is 6.48. The molecule has 0 fully saturated rings. The molecule has 0 amide bonds. The summed E-state index contributed by atoms with van der Waals surface area (Å²) in [4.78, 5) is 18.5. The van der Waals surface area contributed by atoms with Gasteiger partial charge in [-0.25, -0.2) is 4.79 Å². The fourth-order valence-corrected chi connectivity index (χ4v) is 4.95. The largest absolute Gasteiger partial charge is 0.465 e. The van der Waals surface area contributed by atoms with E-state index in [2.05, 4.69) is 9.89 Å². The van der Waals surface area contributed by atoms with Crippen LogP contribution < -0.4 is 4.90 Å². The van der Waals surface area contributed by atoms with Crippen molar-refractivity contribution in [2.45, 2.75) is 25.1 Å². The number of carbonyl (C=O) groups is 1. The molecule has 2 heterocycles. The third-order valence-corrected chi connectivity index (χ3v) is 6.42. The number of hydrogen-bond donors (Lipinski definition) is 0. The van der Waals surface area contributed by atoms with Crippen molar-refractivity contribution in [1.29, 1.82) is 0 Å². The maximum atomic E-state index is 14.1. The highest BCUT2D eigenvalue weighted by molar-refractivity contribution is 7.18. The SMILES string of the molecule is CCN(C1=NOC(c2cc(Cl)cc(Cl)c2)(C(F)(F)F)C1)c1cc(Cl)c(C(=O)OC)s1. The smallest absolute Gasteiger partial charge is 0.435 e. The van der Waals surface area contributed by atoms with E-state index in [1.165, 1.54) is 24.1 Å². The van der Waals surface area contributed by atoms with Crippen LogP contribution in [0.25, 0.3) is 0 Å². The van der Waals surface area contributed by atoms with E-state index in [4.69, 9.17) is 39.6 Å². The molecule has 1 aromatic carbocycles. The van der Waals surface area contributed by atoms with Crippen molar-refractivity contribution >= 4 is 62.9 Å². The van der Waals surface area contributed by atoms with Crippen molar-refractivity contribution in [1.82, 2.24) is 0 Å². The van der Waals surface area contributed by atoms with E-state index >= 15 is 0 Å². The lowest BCUT2D eigenvalue weighted by Gasteiger charge is -2.30. The Labute approximate surface area is 188 Å². The van der Waals surface area contributed by atoms with E-state index in [1.54, 1.807) is 6.92 Å². The van der Waals surface area contributed by atoms with Gasteiger partial charge in [-0.05, 0) is 31.2 Å². The molecule has 1 atom stereocenters. The molecule has 5 nitrogen and oxygen atoms in total. The van der Waals surface area contributed by atoms with Gasteiger partial charge in [-0.15, -0.1) is 11.3 Å². The maximum Gasteiger partial charge on any atom is 0.435 e. The second-order valence-corrected chi connectivity index (χ2v) is 8.57. The average molecular weight is 502 g/mol. The standard InChI is InChI=1S/C18H14Cl3F3N2O3S/c1-3-26(14-7-12(21)15(30-14)16(27)28-2)13-8-17(29-25-13,18(22,23)24)9-4-10(19)6-11(20)5-9/h4-7H,3,8H2,1-2H3. The molecule has 2 aromatic rings. The number of nitrogens with zero attached hydrogens (tertiary/aromatic N) is 2. The van der Waals surface area contributed by atoms with Crippen molar-refractivity contribution in [3.8, 4) is 0 Å². The number of alkyl halides is 3. The maximum absolute atomic E-state index is 14.1. The summed E-state index contributed by atoms with van der Waals surface area (Å²) in [5.74, 6) is -0.629. The van der Waals surface area contributed by atoms with Crippen LogP contribution in [0.3, 0.4) is 0 Å². The number of anilines is 1. The molecule has 30 heavy (non-hydrogen) atoms. The minimum atomic E-state index is -4.81. The van der Waals surface area contributed by atoms with E-state index in [-0.39, 0.29) is 37.9 Å². The van der Waals surface area contributed by atoms with Crippen molar-refractivity contribution in [2.24, 2.45) is 5.16 Å². The van der Waals surface area contributed by atoms with Crippen molar-refractivity contribution in [3.63, 3.8) is 0 Å². The third kappa shape index (κ3) is 4.08. The molecule has 0 saturated heterocycles. The van der Waals surface area contributed by atoms with Crippen LogP contribution in [0.15, 0.2) is 29.4 Å². The molecule has 0 radical (unpaired) electrons. The lowest BCUT2D eigenvalue weighted by Crippen LogP contribution is -2.44. The fraction of sp³-hybridized carbons (Fsp3) is 0.333. The van der Waals surface area contributed by atoms with E-state index in [1.807, 2.05) is 0 Å². The zero-order chi connectivity index (χ0) is 22.3. The number of esters is 1. The van der Waals surface area contributed by atoms with Gasteiger partial charge in [0.2, 0.25) is 0 Å². The zero-order valence-corrected chi connectivity index (χ0v) is 18.6. The highest BCUT2D eigenvalue weighted by Crippen LogP contribution is 2.50. The summed E-state index contributed by atoms with van der Waals surface area (Å²) in [6, 6.07) is 5.09. The average Bonchev–Trinajstić information content (AvgIpc) is 3.26. The molecule has 12 heteroatoms. The molecule has 1 unspecified atom stereocenters. The first-order valence-electron chi connectivity index (χ1n) is 8.46. The Morgan fingerprint density at radius 3 is 2.43 bits per heavy atom. The summed E-state index contributed by atoms with van der Waals surface area (Å²) in [6.07, 6.45) is -5.43. The van der Waals surface area contributed by atoms with Gasteiger partial charge in [0.25, 0.3) is 5.60 Å². The van der Waals surface area contributed by atoms with Crippen LogP contribution in [0, 0.1) is 0 Å². The first-order chi connectivity index (χ1) is 14.0. The van der Waals surface area contributed by atoms with Crippen LogP contribution in [0.1, 0.15) is 28.6 Å². The first kappa shape index (κ1) is 23.0. The normalized spacial score (nSPS) is 18.7. The molecule has 0 spiro atoms. The van der Waals surface area contributed by atoms with Gasteiger partial charge in [0, 0.05) is 22.2 Å². The first-order valence-corrected chi connectivity index (χ1v) is 10.4. The van der Waals surface area contributed by atoms with Crippen LogP contribution in [0.2, 0.25) is 15.1 Å². The van der Waals surface area contributed by atoms with E-state index in [9.17, 15) is 18.0 Å². The van der Waals surface area contributed by atoms with Crippen LogP contribution in [-0.2, 0) is 15.2 Å². The van der Waals surface area contributed by atoms with Gasteiger partial charge in [-0.1, -0.05) is 40.0 Å². The molecular weight excluding hydrogens is 488 g/mol. The molecule has 0 aliphatic carbocycles. The lowest BCUT2D eigenvalue weighted by atomic mass is 9.89. The third-order valence-electron chi connectivity index (χ3n) is 4.44. The number of halogens is 6. The molecular formula is C18H14Cl3F3N2O3S. The van der Waals surface area contributed by atoms with Gasteiger partial charge in [0.05, 0.1) is 23.6 Å². The highest BCUT2D eigenvalue weighted by atomic mass is 35.5. The number of oxime groups is 1. The minimum Gasteiger partial charge on any atom is -0.465 e. The number of rotatable bonds is 4. The number of ether oxygens (including phenoxy) is 1. The van der Waals surface area contributed by atoms with Crippen LogP contribution in [0.4, 0.5) is 18.2 Å². The summed E-state index contributed by atoms with van der Waals surface area (Å²) in [7, 11) is 1.21. The van der Waals surface area contributed by atoms with Crippen molar-refractivity contribution < 1.29 is 27.5 Å². The van der Waals surface area contributed by atoms with Gasteiger partial charge >= 0.3 is 12.1 Å². The molecule has 0 saturated carbocycles. The second kappa shape index (κ2) is 8.45. The number of methoxy groups -OCH3 is 1. The van der Waals surface area contributed by atoms with Crippen LogP contribution in [-0.4, -0.2) is 31.6 Å². The lowest BCUT2D eigenvalue weighted by molar-refractivity contribution is -0.275. The highest BCUT2D eigenvalue weighted by Gasteiger charge is 2.63. The topological polar surface area (TPSA) is 51.1 Å². The molecule has 0 bridgehead atoms. The van der Waals surface area contributed by atoms with E-state index < -0.39 is 24.2 Å². The van der Waals surface area contributed by atoms with Gasteiger partial charge < -0.3 is 14.5 Å². The van der Waals surface area contributed by atoms with Crippen LogP contribution in [0.5, 0.6) is 0 Å². The number of carbonyl (C=O) groups excluding carboxylic acids is 1. The van der Waals surface area contributed by atoms with Crippen molar-refractivity contribution in [2.75, 3.05) is 18.6 Å². The Bertz CT molecular complexity index is 992. The molecule has 1 aliphatic rings. The molecule has 3 rings (SSSR count). The summed E-state index contributed by atoms with van der Waals surface area (Å²) in [5.41, 5.74) is -3.02. The summed E-state index contributed by atoms with van der Waals surface area (Å²) >= 11 is 18.9. The van der Waals surface area contributed by atoms with Gasteiger partial charge in [-0.2, -0.15) is 13.2 Å². The second-order valence-electron chi connectivity index (χ2n) is 6.26. The predicted molar refractivity (Wildman–Crippen MR) is 111 cm³/mol. The molecule has 162 valence electrons. The molecule has 1 aromatic heterocycles. The summed E-state index contributed by atoms with van der Waals surface area (Å²) < 4.78 is 47.1. The fourth-order valence-electron chi connectivity index (χ4n) is 3.01. The van der Waals surface area contributed by atoms with Crippen LogP contribution >= 0.6 is 46.1 Å². The predicted octanol–water partition coefficient (Wildman–Crippen LogP) is 6.51. The monoisotopic (exact) mass is 500 g/mol. The minimum absolute atomic E-state index is 0.0141. The van der Waals surface area contributed by atoms with Gasteiger partial charge in [0.15, 0.2) is 5.84 Å². The Morgan fingerprint density at radius 1 is 1.27 bits per heavy atom. The summed E-state index contributed by atoms with van der Waals surface area (Å²) in [6.45, 7) is 1.97. The number of hydrogen-bond acceptors (Lipinski definition) is 6. The quantitative estimate of drug-likeness (QED) is 0.448. The number of amidine groups is 1. The Hall–Kier alpha value is -1.68. The molecule has 1 aliphatic heterocycles. The Balaban J connectivity index is 1.99. The summed E-state index contributed by atoms with van der Waals surface area (Å²) in [5, 5.41) is 4.36. The zero-order valence-electron chi connectivity index (χ0n) is 15.5. The number of thiophene rings is 1. The Morgan fingerprint density at radius 2 is 1.90 bits per heavy atom. The van der Waals surface area contributed by atoms with Crippen molar-refractivity contribution in [3.05, 3.63) is 49.8 Å². The van der Waals surface area contributed by atoms with Gasteiger partial charge in [0.1, 0.15) is 4.88 Å².